The van der Waals surface area contributed by atoms with Gasteiger partial charge in [0.1, 0.15) is 11.6 Å². The van der Waals surface area contributed by atoms with Crippen LogP contribution in [0.3, 0.4) is 0 Å². The Hall–Kier alpha value is -0.570. The molecule has 0 aromatic carbocycles. The van der Waals surface area contributed by atoms with Gasteiger partial charge in [0.25, 0.3) is 0 Å². The highest BCUT2D eigenvalue weighted by Crippen LogP contribution is 2.21. The van der Waals surface area contributed by atoms with Crippen LogP contribution in [0.5, 0.6) is 0 Å². The second-order valence-corrected chi connectivity index (χ2v) is 4.54. The van der Waals surface area contributed by atoms with Crippen molar-refractivity contribution in [1.29, 1.82) is 0 Å². The van der Waals surface area contributed by atoms with Crippen molar-refractivity contribution in [2.75, 3.05) is 13.1 Å². The Morgan fingerprint density at radius 1 is 1.54 bits per heavy atom. The molecule has 1 heterocycles. The second-order valence-electron chi connectivity index (χ2n) is 4.54. The van der Waals surface area contributed by atoms with Crippen LogP contribution in [0.25, 0.3) is 0 Å². The molecule has 0 amide bonds. The van der Waals surface area contributed by atoms with Gasteiger partial charge in [0, 0.05) is 6.54 Å². The fourth-order valence-corrected chi connectivity index (χ4v) is 1.30. The summed E-state index contributed by atoms with van der Waals surface area (Å²) in [5.41, 5.74) is -0.350. The summed E-state index contributed by atoms with van der Waals surface area (Å²) in [6.45, 7) is 9.70. The molecule has 13 heavy (non-hydrogen) atoms. The standard InChI is InChI=1S/C10H19NO2/c1-5-6-11-7-8(11)9(12)13-10(2,3)4/h8H,5-7H2,1-4H3. The van der Waals surface area contributed by atoms with E-state index < -0.39 is 0 Å². The van der Waals surface area contributed by atoms with Crippen LogP contribution in [-0.4, -0.2) is 35.6 Å². The fraction of sp³-hybridized carbons (Fsp3) is 0.900. The van der Waals surface area contributed by atoms with Crippen molar-refractivity contribution < 1.29 is 9.53 Å². The first kappa shape index (κ1) is 10.5. The van der Waals surface area contributed by atoms with Crippen molar-refractivity contribution in [2.45, 2.75) is 45.8 Å². The molecule has 0 saturated carbocycles. The minimum absolute atomic E-state index is 0.0409. The molecule has 0 N–H and O–H groups in total. The number of carbonyl (C=O) groups is 1. The van der Waals surface area contributed by atoms with Crippen LogP contribution in [-0.2, 0) is 9.53 Å². The lowest BCUT2D eigenvalue weighted by Crippen LogP contribution is -2.28. The Bertz CT molecular complexity index is 196. The Kier molecular flexibility index (Phi) is 2.96. The highest BCUT2D eigenvalue weighted by molar-refractivity contribution is 5.79. The summed E-state index contributed by atoms with van der Waals surface area (Å²) in [7, 11) is 0. The average Bonchev–Trinajstić information content (AvgIpc) is 2.64. The van der Waals surface area contributed by atoms with Crippen LogP contribution in [0, 0.1) is 0 Å². The smallest absolute Gasteiger partial charge is 0.325 e. The third kappa shape index (κ3) is 3.35. The number of hydrogen-bond donors (Lipinski definition) is 0. The van der Waals surface area contributed by atoms with Gasteiger partial charge >= 0.3 is 5.97 Å². The number of nitrogens with zero attached hydrogens (tertiary/aromatic N) is 1. The quantitative estimate of drug-likeness (QED) is 0.492. The van der Waals surface area contributed by atoms with Gasteiger partial charge < -0.3 is 4.74 Å². The molecule has 0 spiro atoms. The first-order chi connectivity index (χ1) is 5.94. The normalized spacial score (nSPS) is 27.1. The fourth-order valence-electron chi connectivity index (χ4n) is 1.30. The molecule has 3 heteroatoms. The largest absolute Gasteiger partial charge is 0.459 e. The van der Waals surface area contributed by atoms with Gasteiger partial charge in [-0.15, -0.1) is 0 Å². The summed E-state index contributed by atoms with van der Waals surface area (Å²) in [5.74, 6) is -0.0686. The molecule has 3 nitrogen and oxygen atoms in total. The summed E-state index contributed by atoms with van der Waals surface area (Å²) in [5, 5.41) is 0. The third-order valence-corrected chi connectivity index (χ3v) is 1.90. The predicted molar refractivity (Wildman–Crippen MR) is 51.5 cm³/mol. The van der Waals surface area contributed by atoms with Gasteiger partial charge in [-0.3, -0.25) is 9.69 Å². The maximum absolute atomic E-state index is 11.4. The van der Waals surface area contributed by atoms with Gasteiger partial charge in [0.2, 0.25) is 0 Å². The van der Waals surface area contributed by atoms with Crippen molar-refractivity contribution >= 4 is 5.97 Å². The molecule has 0 aromatic rings. The molecule has 0 radical (unpaired) electrons. The van der Waals surface area contributed by atoms with E-state index in [1.54, 1.807) is 0 Å². The first-order valence-electron chi connectivity index (χ1n) is 4.91. The molecule has 1 aliphatic rings. The number of ether oxygens (including phenoxy) is 1. The zero-order chi connectivity index (χ0) is 10.1. The van der Waals surface area contributed by atoms with E-state index in [-0.39, 0.29) is 17.6 Å². The van der Waals surface area contributed by atoms with E-state index in [4.69, 9.17) is 4.74 Å². The SMILES string of the molecule is CCCN1CC1C(=O)OC(C)(C)C. The molecule has 1 aliphatic heterocycles. The topological polar surface area (TPSA) is 29.3 Å². The second kappa shape index (κ2) is 3.66. The molecule has 0 aromatic heterocycles. The van der Waals surface area contributed by atoms with Gasteiger partial charge in [-0.05, 0) is 33.7 Å². The molecular weight excluding hydrogens is 166 g/mol. The van der Waals surface area contributed by atoms with Gasteiger partial charge in [0.15, 0.2) is 0 Å². The Morgan fingerprint density at radius 3 is 2.62 bits per heavy atom. The Balaban J connectivity index is 2.28. The zero-order valence-electron chi connectivity index (χ0n) is 8.96. The number of rotatable bonds is 3. The van der Waals surface area contributed by atoms with E-state index in [2.05, 4.69) is 11.8 Å². The van der Waals surface area contributed by atoms with Crippen LogP contribution in [0.4, 0.5) is 0 Å². The molecule has 0 bridgehead atoms. The molecule has 76 valence electrons. The molecule has 1 saturated heterocycles. The summed E-state index contributed by atoms with van der Waals surface area (Å²) in [6, 6.07) is 0.0409. The van der Waals surface area contributed by atoms with E-state index in [9.17, 15) is 4.79 Å². The molecular formula is C10H19NO2. The number of esters is 1. The predicted octanol–water partition coefficient (Wildman–Crippen LogP) is 1.42. The number of hydrogen-bond acceptors (Lipinski definition) is 3. The summed E-state index contributed by atoms with van der Waals surface area (Å²) >= 11 is 0. The van der Waals surface area contributed by atoms with Crippen LogP contribution < -0.4 is 0 Å². The van der Waals surface area contributed by atoms with Gasteiger partial charge in [0.05, 0.1) is 0 Å². The lowest BCUT2D eigenvalue weighted by Gasteiger charge is -2.19. The minimum atomic E-state index is -0.350. The van der Waals surface area contributed by atoms with Crippen LogP contribution in [0.2, 0.25) is 0 Å². The van der Waals surface area contributed by atoms with E-state index in [0.29, 0.717) is 0 Å². The highest BCUT2D eigenvalue weighted by atomic mass is 16.6. The Morgan fingerprint density at radius 2 is 2.15 bits per heavy atom. The van der Waals surface area contributed by atoms with Gasteiger partial charge in [-0.1, -0.05) is 6.92 Å². The van der Waals surface area contributed by atoms with Crippen molar-refractivity contribution in [3.05, 3.63) is 0 Å². The highest BCUT2D eigenvalue weighted by Gasteiger charge is 2.42. The van der Waals surface area contributed by atoms with E-state index in [1.165, 1.54) is 0 Å². The maximum atomic E-state index is 11.4. The van der Waals surface area contributed by atoms with E-state index in [0.717, 1.165) is 19.5 Å². The minimum Gasteiger partial charge on any atom is -0.459 e. The van der Waals surface area contributed by atoms with Crippen molar-refractivity contribution in [2.24, 2.45) is 0 Å². The van der Waals surface area contributed by atoms with Crippen molar-refractivity contribution in [1.82, 2.24) is 4.90 Å². The zero-order valence-corrected chi connectivity index (χ0v) is 8.96. The first-order valence-corrected chi connectivity index (χ1v) is 4.91. The average molecular weight is 185 g/mol. The summed E-state index contributed by atoms with van der Waals surface area (Å²) in [4.78, 5) is 13.6. The van der Waals surface area contributed by atoms with Crippen LogP contribution in [0.15, 0.2) is 0 Å². The van der Waals surface area contributed by atoms with Gasteiger partial charge in [-0.2, -0.15) is 0 Å². The van der Waals surface area contributed by atoms with Crippen molar-refractivity contribution in [3.63, 3.8) is 0 Å². The maximum Gasteiger partial charge on any atom is 0.325 e. The monoisotopic (exact) mass is 185 g/mol. The lowest BCUT2D eigenvalue weighted by atomic mass is 10.2. The van der Waals surface area contributed by atoms with Crippen molar-refractivity contribution in [3.8, 4) is 0 Å². The molecule has 2 atom stereocenters. The van der Waals surface area contributed by atoms with Gasteiger partial charge in [-0.25, -0.2) is 0 Å². The van der Waals surface area contributed by atoms with E-state index >= 15 is 0 Å². The Labute approximate surface area is 80.1 Å². The number of carbonyl (C=O) groups excluding carboxylic acids is 1. The molecule has 2 unspecified atom stereocenters. The van der Waals surface area contributed by atoms with Crippen LogP contribution >= 0.6 is 0 Å². The van der Waals surface area contributed by atoms with Crippen LogP contribution in [0.1, 0.15) is 34.1 Å². The van der Waals surface area contributed by atoms with E-state index in [1.807, 2.05) is 20.8 Å². The summed E-state index contributed by atoms with van der Waals surface area (Å²) in [6.07, 6.45) is 1.10. The molecule has 1 rings (SSSR count). The summed E-state index contributed by atoms with van der Waals surface area (Å²) < 4.78 is 5.26. The molecule has 0 aliphatic carbocycles. The lowest BCUT2D eigenvalue weighted by molar-refractivity contribution is -0.155. The third-order valence-electron chi connectivity index (χ3n) is 1.90. The molecule has 1 fully saturated rings.